The maximum Gasteiger partial charge on any atom is 0.229 e. The second kappa shape index (κ2) is 8.70. The average molecular weight is 419 g/mol. The van der Waals surface area contributed by atoms with E-state index in [0.717, 1.165) is 17.9 Å². The first-order chi connectivity index (χ1) is 12.1. The van der Waals surface area contributed by atoms with Crippen LogP contribution in [0, 0.1) is 5.82 Å². The summed E-state index contributed by atoms with van der Waals surface area (Å²) in [5.74, 6) is -0.991. The Morgan fingerprint density at radius 3 is 2.50 bits per heavy atom. The number of anilines is 2. The van der Waals surface area contributed by atoms with E-state index in [1.165, 1.54) is 12.1 Å². The molecule has 0 unspecified atom stereocenters. The summed E-state index contributed by atoms with van der Waals surface area (Å²) in [6.07, 6.45) is 2.39. The highest BCUT2D eigenvalue weighted by molar-refractivity contribution is 7.92. The molecule has 0 saturated heterocycles. The molecule has 0 heterocycles. The number of hydrogen-bond donors (Lipinski definition) is 2. The highest BCUT2D eigenvalue weighted by Gasteiger charge is 2.10. The number of nitrogens with one attached hydrogen (secondary N) is 2. The Bertz CT molecular complexity index is 920. The fourth-order valence-corrected chi connectivity index (χ4v) is 3.13. The predicted octanol–water partition coefficient (Wildman–Crippen LogP) is 4.47. The first-order valence-electron chi connectivity index (χ1n) is 7.65. The number of benzene rings is 2. The molecule has 0 spiro atoms. The van der Waals surface area contributed by atoms with Crippen molar-refractivity contribution >= 4 is 50.5 Å². The van der Waals surface area contributed by atoms with Gasteiger partial charge in [0.05, 0.1) is 22.0 Å². The molecule has 0 aliphatic heterocycles. The second-order valence-electron chi connectivity index (χ2n) is 5.72. The minimum atomic E-state index is -3.62. The van der Waals surface area contributed by atoms with Crippen LogP contribution in [0.5, 0.6) is 0 Å². The van der Waals surface area contributed by atoms with Gasteiger partial charge in [-0.25, -0.2) is 12.8 Å². The normalized spacial score (nSPS) is 11.2. The van der Waals surface area contributed by atoms with Crippen LogP contribution >= 0.6 is 23.2 Å². The minimum Gasteiger partial charge on any atom is -0.326 e. The molecule has 2 rings (SSSR count). The Morgan fingerprint density at radius 1 is 1.12 bits per heavy atom. The van der Waals surface area contributed by atoms with Gasteiger partial charge in [0, 0.05) is 12.1 Å². The molecule has 0 bridgehead atoms. The number of amides is 1. The third-order valence-electron chi connectivity index (χ3n) is 3.40. The van der Waals surface area contributed by atoms with Crippen molar-refractivity contribution in [2.45, 2.75) is 19.3 Å². The van der Waals surface area contributed by atoms with Crippen LogP contribution in [0.15, 0.2) is 36.4 Å². The molecule has 26 heavy (non-hydrogen) atoms. The smallest absolute Gasteiger partial charge is 0.229 e. The van der Waals surface area contributed by atoms with Crippen molar-refractivity contribution in [3.05, 3.63) is 57.8 Å². The molecule has 0 fully saturated rings. The SMILES string of the molecule is CS(=O)(=O)Nc1cc(NC(=O)CCCc2ccc(Cl)c(Cl)c2)ccc1F. The number of halogens is 3. The van der Waals surface area contributed by atoms with Crippen LogP contribution in [-0.2, 0) is 21.2 Å². The zero-order chi connectivity index (χ0) is 19.3. The summed E-state index contributed by atoms with van der Waals surface area (Å²) in [6, 6.07) is 8.97. The summed E-state index contributed by atoms with van der Waals surface area (Å²) >= 11 is 11.8. The van der Waals surface area contributed by atoms with Crippen molar-refractivity contribution in [1.82, 2.24) is 0 Å². The minimum absolute atomic E-state index is 0.221. The van der Waals surface area contributed by atoms with Crippen molar-refractivity contribution in [2.75, 3.05) is 16.3 Å². The second-order valence-corrected chi connectivity index (χ2v) is 8.28. The van der Waals surface area contributed by atoms with E-state index in [-0.39, 0.29) is 18.0 Å². The van der Waals surface area contributed by atoms with Gasteiger partial charge in [-0.2, -0.15) is 0 Å². The number of rotatable bonds is 7. The molecule has 0 saturated carbocycles. The van der Waals surface area contributed by atoms with Crippen molar-refractivity contribution < 1.29 is 17.6 Å². The van der Waals surface area contributed by atoms with Crippen LogP contribution in [0.25, 0.3) is 0 Å². The molecule has 1 amide bonds. The van der Waals surface area contributed by atoms with Gasteiger partial charge in [-0.05, 0) is 48.7 Å². The van der Waals surface area contributed by atoms with Crippen molar-refractivity contribution in [1.29, 1.82) is 0 Å². The molecule has 0 aromatic heterocycles. The first-order valence-corrected chi connectivity index (χ1v) is 10.3. The average Bonchev–Trinajstić information content (AvgIpc) is 2.53. The number of aryl methyl sites for hydroxylation is 1. The van der Waals surface area contributed by atoms with Gasteiger partial charge in [-0.1, -0.05) is 29.3 Å². The molecule has 0 aliphatic rings. The first kappa shape index (κ1) is 20.5. The fraction of sp³-hybridized carbons (Fsp3) is 0.235. The number of hydrogen-bond acceptors (Lipinski definition) is 3. The van der Waals surface area contributed by atoms with Crippen LogP contribution in [0.4, 0.5) is 15.8 Å². The summed E-state index contributed by atoms with van der Waals surface area (Å²) in [5.41, 5.74) is 1.05. The zero-order valence-electron chi connectivity index (χ0n) is 13.9. The Kier molecular flexibility index (Phi) is 6.86. The molecule has 9 heteroatoms. The fourth-order valence-electron chi connectivity index (χ4n) is 2.25. The lowest BCUT2D eigenvalue weighted by molar-refractivity contribution is -0.116. The molecule has 2 aromatic rings. The standard InChI is InChI=1S/C17H17Cl2FN2O3S/c1-26(24,25)22-16-10-12(6-8-15(16)20)21-17(23)4-2-3-11-5-7-13(18)14(19)9-11/h5-10,22H,2-4H2,1H3,(H,21,23). The summed E-state index contributed by atoms with van der Waals surface area (Å²) in [7, 11) is -3.62. The Morgan fingerprint density at radius 2 is 1.85 bits per heavy atom. The van der Waals surface area contributed by atoms with Gasteiger partial charge in [0.25, 0.3) is 0 Å². The van der Waals surface area contributed by atoms with Crippen LogP contribution in [0.2, 0.25) is 10.0 Å². The lowest BCUT2D eigenvalue weighted by atomic mass is 10.1. The maximum absolute atomic E-state index is 13.6. The predicted molar refractivity (Wildman–Crippen MR) is 103 cm³/mol. The van der Waals surface area contributed by atoms with Gasteiger partial charge in [0.1, 0.15) is 5.82 Å². The van der Waals surface area contributed by atoms with Gasteiger partial charge >= 0.3 is 0 Å². The molecule has 0 atom stereocenters. The van der Waals surface area contributed by atoms with Crippen LogP contribution in [-0.4, -0.2) is 20.6 Å². The summed E-state index contributed by atoms with van der Waals surface area (Å²) in [5, 5.41) is 3.55. The number of sulfonamides is 1. The van der Waals surface area contributed by atoms with Crippen LogP contribution < -0.4 is 10.0 Å². The van der Waals surface area contributed by atoms with E-state index in [1.54, 1.807) is 12.1 Å². The van der Waals surface area contributed by atoms with Gasteiger partial charge in [-0.15, -0.1) is 0 Å². The molecule has 5 nitrogen and oxygen atoms in total. The zero-order valence-corrected chi connectivity index (χ0v) is 16.2. The van der Waals surface area contributed by atoms with Gasteiger partial charge in [0.15, 0.2) is 0 Å². The van der Waals surface area contributed by atoms with Gasteiger partial charge in [0.2, 0.25) is 15.9 Å². The lowest BCUT2D eigenvalue weighted by Crippen LogP contribution is -2.14. The largest absolute Gasteiger partial charge is 0.326 e. The van der Waals surface area contributed by atoms with E-state index < -0.39 is 15.8 Å². The van der Waals surface area contributed by atoms with E-state index in [2.05, 4.69) is 10.0 Å². The quantitative estimate of drug-likeness (QED) is 0.696. The molecular weight excluding hydrogens is 402 g/mol. The molecule has 2 N–H and O–H groups in total. The van der Waals surface area contributed by atoms with E-state index >= 15 is 0 Å². The summed E-state index contributed by atoms with van der Waals surface area (Å²) < 4.78 is 38.1. The van der Waals surface area contributed by atoms with Crippen LogP contribution in [0.3, 0.4) is 0 Å². The van der Waals surface area contributed by atoms with Gasteiger partial charge < -0.3 is 5.32 Å². The third kappa shape index (κ3) is 6.48. The molecule has 0 aliphatic carbocycles. The number of carbonyl (C=O) groups is 1. The topological polar surface area (TPSA) is 75.3 Å². The van der Waals surface area contributed by atoms with Crippen molar-refractivity contribution in [3.63, 3.8) is 0 Å². The Labute approximate surface area is 161 Å². The summed E-state index contributed by atoms with van der Waals surface area (Å²) in [6.45, 7) is 0. The Balaban J connectivity index is 1.91. The van der Waals surface area contributed by atoms with E-state index in [1.807, 2.05) is 6.07 Å². The maximum atomic E-state index is 13.6. The number of carbonyl (C=O) groups excluding carboxylic acids is 1. The van der Waals surface area contributed by atoms with Crippen molar-refractivity contribution in [2.24, 2.45) is 0 Å². The van der Waals surface area contributed by atoms with E-state index in [4.69, 9.17) is 23.2 Å². The molecular formula is C17H17Cl2FN2O3S. The summed E-state index contributed by atoms with van der Waals surface area (Å²) in [4.78, 5) is 12.0. The van der Waals surface area contributed by atoms with Crippen molar-refractivity contribution in [3.8, 4) is 0 Å². The van der Waals surface area contributed by atoms with E-state index in [9.17, 15) is 17.6 Å². The lowest BCUT2D eigenvalue weighted by Gasteiger charge is -2.09. The molecule has 140 valence electrons. The Hall–Kier alpha value is -1.83. The van der Waals surface area contributed by atoms with Gasteiger partial charge in [-0.3, -0.25) is 9.52 Å². The highest BCUT2D eigenvalue weighted by Crippen LogP contribution is 2.24. The molecule has 0 radical (unpaired) electrons. The molecule has 2 aromatic carbocycles. The highest BCUT2D eigenvalue weighted by atomic mass is 35.5. The van der Waals surface area contributed by atoms with E-state index in [0.29, 0.717) is 28.6 Å². The van der Waals surface area contributed by atoms with Crippen LogP contribution in [0.1, 0.15) is 18.4 Å². The third-order valence-corrected chi connectivity index (χ3v) is 4.73. The monoisotopic (exact) mass is 418 g/mol.